The van der Waals surface area contributed by atoms with Gasteiger partial charge in [-0.25, -0.2) is 0 Å². The minimum absolute atomic E-state index is 0.689. The number of rotatable bonds is 2. The monoisotopic (exact) mass is 224 g/mol. The van der Waals surface area contributed by atoms with E-state index in [1.54, 1.807) is 6.07 Å². The van der Waals surface area contributed by atoms with Crippen molar-refractivity contribution in [2.24, 2.45) is 0 Å². The lowest BCUT2D eigenvalue weighted by molar-refractivity contribution is 0.817. The van der Waals surface area contributed by atoms with Gasteiger partial charge in [0.25, 0.3) is 0 Å². The lowest BCUT2D eigenvalue weighted by Gasteiger charge is -2.00. The molecule has 0 saturated heterocycles. The zero-order valence-corrected chi connectivity index (χ0v) is 8.35. The normalized spacial score (nSPS) is 9.42. The molecule has 0 amide bonds. The van der Waals surface area contributed by atoms with Crippen LogP contribution in [0.1, 0.15) is 11.1 Å². The molecular formula is C9H9BrN2. The molecule has 0 saturated carbocycles. The SMILES string of the molecule is CNCc1cc(Br)cc(C#N)c1. The van der Waals surface area contributed by atoms with Crippen molar-refractivity contribution in [1.82, 2.24) is 5.32 Å². The molecule has 3 heteroatoms. The van der Waals surface area contributed by atoms with Crippen molar-refractivity contribution >= 4 is 15.9 Å². The topological polar surface area (TPSA) is 35.8 Å². The maximum absolute atomic E-state index is 8.66. The molecule has 0 heterocycles. The van der Waals surface area contributed by atoms with Crippen molar-refractivity contribution in [1.29, 1.82) is 5.26 Å². The van der Waals surface area contributed by atoms with Crippen LogP contribution >= 0.6 is 15.9 Å². The van der Waals surface area contributed by atoms with Crippen LogP contribution in [-0.2, 0) is 6.54 Å². The summed E-state index contributed by atoms with van der Waals surface area (Å²) >= 11 is 3.34. The zero-order chi connectivity index (χ0) is 8.97. The predicted octanol–water partition coefficient (Wildman–Crippen LogP) is 2.04. The van der Waals surface area contributed by atoms with E-state index >= 15 is 0 Å². The fourth-order valence-electron chi connectivity index (χ4n) is 1.02. The fourth-order valence-corrected chi connectivity index (χ4v) is 1.56. The second kappa shape index (κ2) is 4.24. The summed E-state index contributed by atoms with van der Waals surface area (Å²) in [7, 11) is 1.88. The molecule has 0 unspecified atom stereocenters. The second-order valence-corrected chi connectivity index (χ2v) is 3.41. The number of nitriles is 1. The first kappa shape index (κ1) is 9.24. The number of halogens is 1. The number of benzene rings is 1. The van der Waals surface area contributed by atoms with Gasteiger partial charge in [-0.3, -0.25) is 0 Å². The highest BCUT2D eigenvalue weighted by Gasteiger charge is 1.97. The molecule has 1 rings (SSSR count). The average Bonchev–Trinajstić information content (AvgIpc) is 2.04. The lowest BCUT2D eigenvalue weighted by atomic mass is 10.1. The summed E-state index contributed by atoms with van der Waals surface area (Å²) in [5, 5.41) is 11.7. The summed E-state index contributed by atoms with van der Waals surface area (Å²) in [5.74, 6) is 0. The van der Waals surface area contributed by atoms with Crippen LogP contribution in [0, 0.1) is 11.3 Å². The van der Waals surface area contributed by atoms with Crippen molar-refractivity contribution in [2.75, 3.05) is 7.05 Å². The van der Waals surface area contributed by atoms with E-state index in [1.807, 2.05) is 19.2 Å². The number of nitrogens with zero attached hydrogens (tertiary/aromatic N) is 1. The van der Waals surface area contributed by atoms with Crippen molar-refractivity contribution in [3.05, 3.63) is 33.8 Å². The summed E-state index contributed by atoms with van der Waals surface area (Å²) in [6.45, 7) is 0.786. The molecule has 0 aliphatic carbocycles. The van der Waals surface area contributed by atoms with Gasteiger partial charge < -0.3 is 5.32 Å². The molecular weight excluding hydrogens is 216 g/mol. The Morgan fingerprint density at radius 1 is 1.50 bits per heavy atom. The first-order chi connectivity index (χ1) is 5.76. The Morgan fingerprint density at radius 2 is 2.25 bits per heavy atom. The van der Waals surface area contributed by atoms with Crippen LogP contribution in [0.3, 0.4) is 0 Å². The van der Waals surface area contributed by atoms with E-state index in [4.69, 9.17) is 5.26 Å². The predicted molar refractivity (Wildman–Crippen MR) is 51.6 cm³/mol. The number of hydrogen-bond donors (Lipinski definition) is 1. The number of nitrogens with one attached hydrogen (secondary N) is 1. The third-order valence-corrected chi connectivity index (χ3v) is 1.93. The Kier molecular flexibility index (Phi) is 3.27. The highest BCUT2D eigenvalue weighted by atomic mass is 79.9. The van der Waals surface area contributed by atoms with Crippen LogP contribution in [0.5, 0.6) is 0 Å². The minimum Gasteiger partial charge on any atom is -0.316 e. The van der Waals surface area contributed by atoms with Crippen LogP contribution in [-0.4, -0.2) is 7.05 Å². The molecule has 0 aromatic heterocycles. The van der Waals surface area contributed by atoms with Gasteiger partial charge in [0.2, 0.25) is 0 Å². The summed E-state index contributed by atoms with van der Waals surface area (Å²) < 4.78 is 0.951. The van der Waals surface area contributed by atoms with E-state index in [2.05, 4.69) is 27.3 Å². The van der Waals surface area contributed by atoms with Crippen molar-refractivity contribution < 1.29 is 0 Å². The van der Waals surface area contributed by atoms with Gasteiger partial charge in [0.1, 0.15) is 0 Å². The van der Waals surface area contributed by atoms with Gasteiger partial charge in [0.15, 0.2) is 0 Å². The fraction of sp³-hybridized carbons (Fsp3) is 0.222. The van der Waals surface area contributed by atoms with E-state index in [0.717, 1.165) is 16.6 Å². The smallest absolute Gasteiger partial charge is 0.0992 e. The molecule has 0 spiro atoms. The van der Waals surface area contributed by atoms with E-state index in [9.17, 15) is 0 Å². The Morgan fingerprint density at radius 3 is 2.83 bits per heavy atom. The van der Waals surface area contributed by atoms with Gasteiger partial charge in [-0.15, -0.1) is 0 Å². The summed E-state index contributed by atoms with van der Waals surface area (Å²) in [6.07, 6.45) is 0. The maximum Gasteiger partial charge on any atom is 0.0992 e. The van der Waals surface area contributed by atoms with Gasteiger partial charge >= 0.3 is 0 Å². The van der Waals surface area contributed by atoms with Crippen LogP contribution in [0.25, 0.3) is 0 Å². The lowest BCUT2D eigenvalue weighted by Crippen LogP contribution is -2.04. The minimum atomic E-state index is 0.689. The van der Waals surface area contributed by atoms with Crippen LogP contribution in [0.15, 0.2) is 22.7 Å². The van der Waals surface area contributed by atoms with Gasteiger partial charge in [0.05, 0.1) is 11.6 Å². The summed E-state index contributed by atoms with van der Waals surface area (Å²) in [6, 6.07) is 7.79. The van der Waals surface area contributed by atoms with Gasteiger partial charge in [-0.05, 0) is 30.8 Å². The molecule has 1 aromatic carbocycles. The third kappa shape index (κ3) is 2.33. The summed E-state index contributed by atoms with van der Waals surface area (Å²) in [5.41, 5.74) is 1.80. The van der Waals surface area contributed by atoms with Crippen LogP contribution < -0.4 is 5.32 Å². The summed E-state index contributed by atoms with van der Waals surface area (Å²) in [4.78, 5) is 0. The van der Waals surface area contributed by atoms with Crippen molar-refractivity contribution in [3.8, 4) is 6.07 Å². The Balaban J connectivity index is 3.00. The van der Waals surface area contributed by atoms with Gasteiger partial charge in [-0.1, -0.05) is 15.9 Å². The first-order valence-electron chi connectivity index (χ1n) is 3.60. The molecule has 2 nitrogen and oxygen atoms in total. The van der Waals surface area contributed by atoms with E-state index in [0.29, 0.717) is 5.56 Å². The largest absolute Gasteiger partial charge is 0.316 e. The van der Waals surface area contributed by atoms with Crippen molar-refractivity contribution in [2.45, 2.75) is 6.54 Å². The molecule has 0 bridgehead atoms. The first-order valence-corrected chi connectivity index (χ1v) is 4.39. The zero-order valence-electron chi connectivity index (χ0n) is 6.76. The highest BCUT2D eigenvalue weighted by Crippen LogP contribution is 2.14. The molecule has 0 atom stereocenters. The average molecular weight is 225 g/mol. The standard InChI is InChI=1S/C9H9BrN2/c1-12-6-8-2-7(5-11)3-9(10)4-8/h2-4,12H,6H2,1H3. The quantitative estimate of drug-likeness (QED) is 0.835. The maximum atomic E-state index is 8.66. The van der Waals surface area contributed by atoms with E-state index in [-0.39, 0.29) is 0 Å². The number of hydrogen-bond acceptors (Lipinski definition) is 2. The van der Waals surface area contributed by atoms with Crippen molar-refractivity contribution in [3.63, 3.8) is 0 Å². The molecule has 1 aromatic rings. The molecule has 62 valence electrons. The van der Waals surface area contributed by atoms with Crippen LogP contribution in [0.4, 0.5) is 0 Å². The van der Waals surface area contributed by atoms with Gasteiger partial charge in [0, 0.05) is 11.0 Å². The highest BCUT2D eigenvalue weighted by molar-refractivity contribution is 9.10. The molecule has 0 aliphatic heterocycles. The molecule has 12 heavy (non-hydrogen) atoms. The van der Waals surface area contributed by atoms with Gasteiger partial charge in [-0.2, -0.15) is 5.26 Å². The molecule has 0 fully saturated rings. The second-order valence-electron chi connectivity index (χ2n) is 2.49. The van der Waals surface area contributed by atoms with E-state index < -0.39 is 0 Å². The van der Waals surface area contributed by atoms with Crippen LogP contribution in [0.2, 0.25) is 0 Å². The van der Waals surface area contributed by atoms with E-state index in [1.165, 1.54) is 0 Å². The third-order valence-electron chi connectivity index (χ3n) is 1.47. The molecule has 1 N–H and O–H groups in total. The molecule has 0 aliphatic rings. The molecule has 0 radical (unpaired) electrons. The Bertz CT molecular complexity index is 315. The Hall–Kier alpha value is -0.850. The Labute approximate surface area is 80.3 Å².